The van der Waals surface area contributed by atoms with Crippen molar-refractivity contribution in [3.8, 4) is 0 Å². The van der Waals surface area contributed by atoms with Crippen LogP contribution in [0.2, 0.25) is 0 Å². The molecule has 59 valence electrons. The van der Waals surface area contributed by atoms with Crippen molar-refractivity contribution < 1.29 is 17.1 Å². The van der Waals surface area contributed by atoms with E-state index in [2.05, 4.69) is 26.5 Å². The summed E-state index contributed by atoms with van der Waals surface area (Å²) in [5.41, 5.74) is 0. The van der Waals surface area contributed by atoms with Gasteiger partial charge in [0.15, 0.2) is 0 Å². The minimum absolute atomic E-state index is 0. The fraction of sp³-hybridized carbons (Fsp3) is 0.800. The molecule has 1 radical (unpaired) electrons. The van der Waals surface area contributed by atoms with E-state index >= 15 is 0 Å². The number of thiol groups is 1. The van der Waals surface area contributed by atoms with Gasteiger partial charge in [0.25, 0.3) is 0 Å². The van der Waals surface area contributed by atoms with E-state index in [1.807, 2.05) is 4.90 Å². The van der Waals surface area contributed by atoms with Crippen LogP contribution < -0.4 is 0 Å². The van der Waals surface area contributed by atoms with Crippen LogP contribution in [0.4, 0.5) is 0 Å². The zero-order valence-electron chi connectivity index (χ0n) is 5.52. The average molecular weight is 213 g/mol. The molecule has 0 fully saturated rings. The van der Waals surface area contributed by atoms with Crippen LogP contribution in [0.25, 0.3) is 0 Å². The second-order valence-corrected chi connectivity index (χ2v) is 2.57. The molecule has 0 aliphatic rings. The summed E-state index contributed by atoms with van der Waals surface area (Å²) in [5, 5.41) is 0. The van der Waals surface area contributed by atoms with E-state index < -0.39 is 0 Å². The zero-order valence-corrected chi connectivity index (χ0v) is 8.17. The summed E-state index contributed by atoms with van der Waals surface area (Å²) in [4.78, 5) is 2.01. The molecule has 0 aromatic carbocycles. The maximum Gasteiger partial charge on any atom is 0.133 e. The van der Waals surface area contributed by atoms with E-state index in [1.54, 1.807) is 0 Å². The molecule has 0 spiro atoms. The van der Waals surface area contributed by atoms with Crippen LogP contribution in [0.5, 0.6) is 0 Å². The molecule has 0 aliphatic heterocycles. The molecule has 0 aromatic rings. The maximum atomic E-state index is 4.81. The molecule has 0 aromatic heterocycles. The Morgan fingerprint density at radius 2 is 1.78 bits per heavy atom. The van der Waals surface area contributed by atoms with Crippen molar-refractivity contribution in [1.82, 2.24) is 4.90 Å². The van der Waals surface area contributed by atoms with Crippen LogP contribution in [-0.2, 0) is 17.1 Å². The molecule has 0 atom stereocenters. The first-order valence-corrected chi connectivity index (χ1v) is 3.55. The third-order valence-electron chi connectivity index (χ3n) is 1.03. The van der Waals surface area contributed by atoms with Crippen molar-refractivity contribution in [2.75, 3.05) is 13.1 Å². The normalized spacial score (nSPS) is 7.89. The second-order valence-electron chi connectivity index (χ2n) is 1.45. The molecule has 0 amide bonds. The first-order valence-electron chi connectivity index (χ1n) is 2.70. The first-order chi connectivity index (χ1) is 3.72. The van der Waals surface area contributed by atoms with Gasteiger partial charge in [0.2, 0.25) is 0 Å². The molecule has 0 rings (SSSR count). The summed E-state index contributed by atoms with van der Waals surface area (Å²) in [5.74, 6) is 0. The van der Waals surface area contributed by atoms with Crippen molar-refractivity contribution in [3.63, 3.8) is 0 Å². The van der Waals surface area contributed by atoms with Crippen LogP contribution in [0, 0.1) is 0 Å². The van der Waals surface area contributed by atoms with Crippen molar-refractivity contribution >= 4 is 29.2 Å². The van der Waals surface area contributed by atoms with Gasteiger partial charge in [0.1, 0.15) is 4.32 Å². The maximum absolute atomic E-state index is 4.81. The van der Waals surface area contributed by atoms with E-state index in [9.17, 15) is 0 Å². The van der Waals surface area contributed by atoms with E-state index in [0.29, 0.717) is 4.32 Å². The molecular formula is C5H11CuNS2. The Balaban J connectivity index is 0. The fourth-order valence-corrected chi connectivity index (χ4v) is 1.04. The molecule has 0 saturated heterocycles. The van der Waals surface area contributed by atoms with Crippen molar-refractivity contribution in [3.05, 3.63) is 0 Å². The molecule has 1 nitrogen and oxygen atoms in total. The second kappa shape index (κ2) is 6.87. The Hall–Kier alpha value is 0.759. The predicted octanol–water partition coefficient (Wildman–Crippen LogP) is 1.54. The third-order valence-corrected chi connectivity index (χ3v) is 1.58. The monoisotopic (exact) mass is 212 g/mol. The molecule has 0 N–H and O–H groups in total. The average Bonchev–Trinajstić information content (AvgIpc) is 1.69. The molecule has 0 bridgehead atoms. The summed E-state index contributed by atoms with van der Waals surface area (Å²) < 4.78 is 0.690. The van der Waals surface area contributed by atoms with Crippen LogP contribution >= 0.6 is 24.8 Å². The Kier molecular flexibility index (Phi) is 9.50. The molecule has 0 heterocycles. The van der Waals surface area contributed by atoms with Gasteiger partial charge >= 0.3 is 0 Å². The van der Waals surface area contributed by atoms with Gasteiger partial charge in [-0.3, -0.25) is 0 Å². The van der Waals surface area contributed by atoms with Crippen molar-refractivity contribution in [1.29, 1.82) is 0 Å². The summed E-state index contributed by atoms with van der Waals surface area (Å²) in [6.45, 7) is 6.04. The molecule has 0 aliphatic carbocycles. The van der Waals surface area contributed by atoms with Crippen molar-refractivity contribution in [2.45, 2.75) is 13.8 Å². The third kappa shape index (κ3) is 5.22. The summed E-state index contributed by atoms with van der Waals surface area (Å²) >= 11 is 8.82. The SMILES string of the molecule is CCN(CC)C(=S)S.[Cu]. The van der Waals surface area contributed by atoms with Crippen LogP contribution in [-0.4, -0.2) is 22.3 Å². The van der Waals surface area contributed by atoms with Gasteiger partial charge < -0.3 is 4.90 Å². The van der Waals surface area contributed by atoms with E-state index in [0.717, 1.165) is 13.1 Å². The fourth-order valence-electron chi connectivity index (χ4n) is 0.494. The number of nitrogens with zero attached hydrogens (tertiary/aromatic N) is 1. The van der Waals surface area contributed by atoms with Gasteiger partial charge in [0.05, 0.1) is 0 Å². The minimum Gasteiger partial charge on any atom is -0.358 e. The number of rotatable bonds is 2. The first kappa shape index (κ1) is 12.4. The molecule has 0 unspecified atom stereocenters. The summed E-state index contributed by atoms with van der Waals surface area (Å²) in [7, 11) is 0. The van der Waals surface area contributed by atoms with Gasteiger partial charge in [-0.15, -0.1) is 12.6 Å². The van der Waals surface area contributed by atoms with Gasteiger partial charge in [-0.25, -0.2) is 0 Å². The number of hydrogen-bond donors (Lipinski definition) is 1. The van der Waals surface area contributed by atoms with Crippen LogP contribution in [0.3, 0.4) is 0 Å². The largest absolute Gasteiger partial charge is 0.358 e. The van der Waals surface area contributed by atoms with Gasteiger partial charge in [-0.1, -0.05) is 12.2 Å². The van der Waals surface area contributed by atoms with E-state index in [-0.39, 0.29) is 17.1 Å². The minimum atomic E-state index is 0. The Morgan fingerprint density at radius 3 is 1.78 bits per heavy atom. The van der Waals surface area contributed by atoms with Crippen molar-refractivity contribution in [2.24, 2.45) is 0 Å². The molecule has 9 heavy (non-hydrogen) atoms. The number of hydrogen-bond acceptors (Lipinski definition) is 1. The molecule has 0 saturated carbocycles. The topological polar surface area (TPSA) is 3.24 Å². The number of thiocarbonyl (C=S) groups is 1. The summed E-state index contributed by atoms with van der Waals surface area (Å²) in [6.07, 6.45) is 0. The van der Waals surface area contributed by atoms with Gasteiger partial charge in [-0.2, -0.15) is 0 Å². The zero-order chi connectivity index (χ0) is 6.57. The smallest absolute Gasteiger partial charge is 0.133 e. The van der Waals surface area contributed by atoms with Gasteiger partial charge in [-0.05, 0) is 13.8 Å². The molecule has 4 heteroatoms. The predicted molar refractivity (Wildman–Crippen MR) is 44.5 cm³/mol. The van der Waals surface area contributed by atoms with Crippen LogP contribution in [0.15, 0.2) is 0 Å². The Labute approximate surface area is 78.1 Å². The standard InChI is InChI=1S/C5H11NS2.Cu/c1-3-6(4-2)5(7)8;/h3-4H2,1-2H3,(H,7,8);. The van der Waals surface area contributed by atoms with Crippen LogP contribution in [0.1, 0.15) is 13.8 Å². The van der Waals surface area contributed by atoms with E-state index in [1.165, 1.54) is 0 Å². The quantitative estimate of drug-likeness (QED) is 0.421. The Morgan fingerprint density at radius 1 is 1.44 bits per heavy atom. The van der Waals surface area contributed by atoms with Gasteiger partial charge in [0, 0.05) is 30.2 Å². The Bertz CT molecular complexity index is 83.0. The molecular weight excluding hydrogens is 202 g/mol. The summed E-state index contributed by atoms with van der Waals surface area (Å²) in [6, 6.07) is 0. The van der Waals surface area contributed by atoms with E-state index in [4.69, 9.17) is 12.2 Å².